The Balaban J connectivity index is 1.36. The third-order valence-electron chi connectivity index (χ3n) is 5.56. The fourth-order valence-electron chi connectivity index (χ4n) is 3.88. The molecule has 1 aliphatic heterocycles. The minimum atomic E-state index is -4.47. The van der Waals surface area contributed by atoms with Crippen molar-refractivity contribution < 1.29 is 22.8 Å². The number of halogens is 3. The molecule has 8 nitrogen and oxygen atoms in total. The second-order valence-electron chi connectivity index (χ2n) is 7.62. The van der Waals surface area contributed by atoms with Gasteiger partial charge in [-0.3, -0.25) is 20.0 Å². The van der Waals surface area contributed by atoms with Crippen LogP contribution in [0.15, 0.2) is 30.6 Å². The third kappa shape index (κ3) is 3.06. The van der Waals surface area contributed by atoms with E-state index in [-0.39, 0.29) is 24.6 Å². The van der Waals surface area contributed by atoms with Crippen molar-refractivity contribution in [3.8, 4) is 0 Å². The molecule has 0 radical (unpaired) electrons. The summed E-state index contributed by atoms with van der Waals surface area (Å²) in [7, 11) is 0. The van der Waals surface area contributed by atoms with E-state index in [1.807, 2.05) is 0 Å². The number of alkyl halides is 3. The van der Waals surface area contributed by atoms with Gasteiger partial charge in [-0.25, -0.2) is 4.98 Å². The first-order valence-corrected chi connectivity index (χ1v) is 9.22. The van der Waals surface area contributed by atoms with Crippen molar-refractivity contribution in [2.45, 2.75) is 24.4 Å². The predicted molar refractivity (Wildman–Crippen MR) is 98.6 cm³/mol. The largest absolute Gasteiger partial charge is 0.416 e. The van der Waals surface area contributed by atoms with Gasteiger partial charge < -0.3 is 4.90 Å². The molecule has 1 spiro atoms. The van der Waals surface area contributed by atoms with E-state index in [2.05, 4.69) is 25.5 Å². The number of H-pyrrole nitrogens is 1. The van der Waals surface area contributed by atoms with Crippen LogP contribution in [0.5, 0.6) is 0 Å². The fraction of sp³-hybridized carbons (Fsp3) is 0.316. The number of nitrogens with one attached hydrogen (secondary N) is 2. The Labute approximate surface area is 167 Å². The molecule has 2 aliphatic rings. The molecule has 0 unspecified atom stereocenters. The maximum Gasteiger partial charge on any atom is 0.416 e. The first kappa shape index (κ1) is 18.5. The lowest BCUT2D eigenvalue weighted by molar-refractivity contribution is -0.137. The van der Waals surface area contributed by atoms with E-state index in [1.54, 1.807) is 6.20 Å². The highest BCUT2D eigenvalue weighted by atomic mass is 19.4. The number of fused-ring (bicyclic) bond motifs is 3. The van der Waals surface area contributed by atoms with Gasteiger partial charge in [0.05, 0.1) is 17.1 Å². The minimum Gasteiger partial charge on any atom is -0.328 e. The average molecular weight is 416 g/mol. The van der Waals surface area contributed by atoms with Crippen LogP contribution in [0, 0.1) is 0 Å². The molecule has 0 atom stereocenters. The Hall–Kier alpha value is -3.50. The summed E-state index contributed by atoms with van der Waals surface area (Å²) in [5.74, 6) is -0.887. The van der Waals surface area contributed by atoms with Gasteiger partial charge in [0.25, 0.3) is 5.91 Å². The fourth-order valence-corrected chi connectivity index (χ4v) is 3.88. The van der Waals surface area contributed by atoms with E-state index in [1.165, 1.54) is 17.2 Å². The summed E-state index contributed by atoms with van der Waals surface area (Å²) >= 11 is 0. The topological polar surface area (TPSA) is 104 Å². The zero-order valence-electron chi connectivity index (χ0n) is 15.5. The van der Waals surface area contributed by atoms with Crippen LogP contribution < -0.4 is 5.32 Å². The Kier molecular flexibility index (Phi) is 3.86. The van der Waals surface area contributed by atoms with Gasteiger partial charge in [0.1, 0.15) is 6.54 Å². The Bertz CT molecular complexity index is 1180. The number of amides is 2. The smallest absolute Gasteiger partial charge is 0.328 e. The first-order chi connectivity index (χ1) is 14.2. The second kappa shape index (κ2) is 6.25. The van der Waals surface area contributed by atoms with Crippen LogP contribution in [0.3, 0.4) is 0 Å². The summed E-state index contributed by atoms with van der Waals surface area (Å²) in [5, 5.41) is 9.72. The van der Waals surface area contributed by atoms with Crippen molar-refractivity contribution in [1.29, 1.82) is 0 Å². The number of hydrogen-bond acceptors (Lipinski definition) is 5. The molecule has 2 aromatic heterocycles. The molecule has 11 heteroatoms. The Morgan fingerprint density at radius 2 is 2.07 bits per heavy atom. The van der Waals surface area contributed by atoms with Crippen molar-refractivity contribution >= 4 is 28.8 Å². The normalized spacial score (nSPS) is 17.3. The lowest BCUT2D eigenvalue weighted by atomic mass is 9.85. The molecule has 3 heterocycles. The molecule has 1 aliphatic carbocycles. The number of nitrogens with zero attached hydrogens (tertiary/aromatic N) is 4. The van der Waals surface area contributed by atoms with Crippen LogP contribution in [0.1, 0.15) is 34.3 Å². The number of anilines is 1. The second-order valence-corrected chi connectivity index (χ2v) is 7.62. The van der Waals surface area contributed by atoms with Gasteiger partial charge in [0.2, 0.25) is 11.9 Å². The maximum absolute atomic E-state index is 13.1. The first-order valence-electron chi connectivity index (χ1n) is 9.22. The molecule has 1 aromatic carbocycles. The van der Waals surface area contributed by atoms with Crippen LogP contribution in [0.4, 0.5) is 19.1 Å². The highest BCUT2D eigenvalue weighted by molar-refractivity contribution is 6.01. The minimum absolute atomic E-state index is 0.0672. The van der Waals surface area contributed by atoms with Crippen molar-refractivity contribution in [3.05, 3.63) is 47.3 Å². The number of rotatable bonds is 3. The molecule has 154 valence electrons. The molecular formula is C19H15F3N6O2. The van der Waals surface area contributed by atoms with Gasteiger partial charge >= 0.3 is 6.18 Å². The van der Waals surface area contributed by atoms with E-state index in [9.17, 15) is 22.8 Å². The summed E-state index contributed by atoms with van der Waals surface area (Å²) < 4.78 is 39.3. The molecule has 1 fully saturated rings. The van der Waals surface area contributed by atoms with Gasteiger partial charge in [-0.2, -0.15) is 23.3 Å². The molecule has 3 aromatic rings. The third-order valence-corrected chi connectivity index (χ3v) is 5.56. The summed E-state index contributed by atoms with van der Waals surface area (Å²) in [6.45, 7) is -0.0422. The molecule has 5 rings (SSSR count). The van der Waals surface area contributed by atoms with Crippen molar-refractivity contribution in [2.24, 2.45) is 0 Å². The molecule has 1 saturated carbocycles. The van der Waals surface area contributed by atoms with Crippen LogP contribution in [-0.4, -0.2) is 50.0 Å². The number of carbonyl (C=O) groups excluding carboxylic acids is 2. The van der Waals surface area contributed by atoms with E-state index in [0.717, 1.165) is 12.1 Å². The molecule has 0 saturated heterocycles. The SMILES string of the molecule is O=C(CN1CC2(CC2)c2cc(C(F)(F)F)ccc2C1=O)Nc1ncc2cn[nH]c2n1. The molecular weight excluding hydrogens is 401 g/mol. The predicted octanol–water partition coefficient (Wildman–Crippen LogP) is 2.50. The Morgan fingerprint density at radius 1 is 1.27 bits per heavy atom. The van der Waals surface area contributed by atoms with Gasteiger partial charge in [-0.15, -0.1) is 0 Å². The highest BCUT2D eigenvalue weighted by Crippen LogP contribution is 2.53. The van der Waals surface area contributed by atoms with E-state index in [0.29, 0.717) is 29.4 Å². The highest BCUT2D eigenvalue weighted by Gasteiger charge is 2.52. The molecule has 2 N–H and O–H groups in total. The van der Waals surface area contributed by atoms with Crippen molar-refractivity contribution in [1.82, 2.24) is 25.1 Å². The Morgan fingerprint density at radius 3 is 2.80 bits per heavy atom. The van der Waals surface area contributed by atoms with E-state index >= 15 is 0 Å². The van der Waals surface area contributed by atoms with Gasteiger partial charge in [-0.1, -0.05) is 0 Å². The molecule has 2 amide bonds. The summed E-state index contributed by atoms with van der Waals surface area (Å²) in [5.41, 5.74) is -0.184. The molecule has 0 bridgehead atoms. The van der Waals surface area contributed by atoms with Crippen LogP contribution in [-0.2, 0) is 16.4 Å². The average Bonchev–Trinajstić information content (AvgIpc) is 3.31. The quantitative estimate of drug-likeness (QED) is 0.683. The number of aromatic nitrogens is 4. The monoisotopic (exact) mass is 416 g/mol. The van der Waals surface area contributed by atoms with Crippen molar-refractivity contribution in [3.63, 3.8) is 0 Å². The number of aromatic amines is 1. The number of hydrogen-bond donors (Lipinski definition) is 2. The summed E-state index contributed by atoms with van der Waals surface area (Å²) in [6.07, 6.45) is -0.0786. The lowest BCUT2D eigenvalue weighted by Gasteiger charge is -2.34. The van der Waals surface area contributed by atoms with Gasteiger partial charge in [0, 0.05) is 23.7 Å². The lowest BCUT2D eigenvalue weighted by Crippen LogP contribution is -2.47. The van der Waals surface area contributed by atoms with E-state index in [4.69, 9.17) is 0 Å². The van der Waals surface area contributed by atoms with E-state index < -0.39 is 29.0 Å². The van der Waals surface area contributed by atoms with Crippen LogP contribution in [0.25, 0.3) is 11.0 Å². The van der Waals surface area contributed by atoms with Gasteiger partial charge in [0.15, 0.2) is 5.65 Å². The summed E-state index contributed by atoms with van der Waals surface area (Å²) in [4.78, 5) is 34.8. The van der Waals surface area contributed by atoms with Crippen LogP contribution in [0.2, 0.25) is 0 Å². The summed E-state index contributed by atoms with van der Waals surface area (Å²) in [6, 6.07) is 3.19. The zero-order valence-corrected chi connectivity index (χ0v) is 15.5. The number of carbonyl (C=O) groups is 2. The standard InChI is InChI=1S/C19H15F3N6O2/c20-19(21,22)11-1-2-12-13(5-11)18(3-4-18)9-28(16(12)30)8-14(29)25-17-23-6-10-7-24-27-15(10)26-17/h1-2,5-7H,3-4,8-9H2,(H2,23,24,25,26,27,29). The van der Waals surface area contributed by atoms with Crippen LogP contribution >= 0.6 is 0 Å². The number of benzene rings is 1. The van der Waals surface area contributed by atoms with Gasteiger partial charge in [-0.05, 0) is 36.6 Å². The van der Waals surface area contributed by atoms with Crippen molar-refractivity contribution in [2.75, 3.05) is 18.4 Å². The zero-order chi connectivity index (χ0) is 21.1. The molecule has 30 heavy (non-hydrogen) atoms. The maximum atomic E-state index is 13.1.